The summed E-state index contributed by atoms with van der Waals surface area (Å²) < 4.78 is 67.0. The molecule has 4 aromatic rings. The van der Waals surface area contributed by atoms with E-state index in [2.05, 4.69) is 36.0 Å². The van der Waals surface area contributed by atoms with Crippen molar-refractivity contribution in [3.05, 3.63) is 65.5 Å². The second-order valence-corrected chi connectivity index (χ2v) is 10.5. The zero-order valence-electron chi connectivity index (χ0n) is 19.9. The van der Waals surface area contributed by atoms with Crippen LogP contribution in [0.1, 0.15) is 23.1 Å². The molecular formula is C24H23F3N8O2S. The van der Waals surface area contributed by atoms with Gasteiger partial charge >= 0.3 is 6.18 Å². The highest BCUT2D eigenvalue weighted by atomic mass is 32.2. The van der Waals surface area contributed by atoms with Gasteiger partial charge in [-0.25, -0.2) is 18.4 Å². The molecule has 0 bridgehead atoms. The average Bonchev–Trinajstić information content (AvgIpc) is 3.20. The minimum Gasteiger partial charge on any atom is -0.324 e. The van der Waals surface area contributed by atoms with Crippen LogP contribution in [0.3, 0.4) is 0 Å². The molecule has 3 N–H and O–H groups in total. The number of fused-ring (bicyclic) bond motifs is 1. The molecule has 0 unspecified atom stereocenters. The van der Waals surface area contributed by atoms with Gasteiger partial charge in [0, 0.05) is 48.8 Å². The van der Waals surface area contributed by atoms with Crippen molar-refractivity contribution in [3.63, 3.8) is 0 Å². The molecule has 10 nitrogen and oxygen atoms in total. The molecule has 0 atom stereocenters. The van der Waals surface area contributed by atoms with E-state index in [1.165, 1.54) is 34.9 Å². The molecule has 1 aliphatic heterocycles. The summed E-state index contributed by atoms with van der Waals surface area (Å²) in [6.45, 7) is 2.31. The molecule has 3 heterocycles. The lowest BCUT2D eigenvalue weighted by atomic mass is 10.1. The number of H-pyrrole nitrogens is 1. The van der Waals surface area contributed by atoms with Crippen molar-refractivity contribution >= 4 is 44.8 Å². The van der Waals surface area contributed by atoms with Gasteiger partial charge in [0.2, 0.25) is 16.0 Å². The first kappa shape index (κ1) is 25.8. The number of hydrogen-bond donors (Lipinski definition) is 3. The summed E-state index contributed by atoms with van der Waals surface area (Å²) in [6, 6.07) is 8.29. The molecular weight excluding hydrogens is 521 g/mol. The molecule has 2 aromatic heterocycles. The van der Waals surface area contributed by atoms with Crippen LogP contribution >= 0.6 is 0 Å². The second kappa shape index (κ2) is 10.5. The first-order valence-electron chi connectivity index (χ1n) is 11.7. The second-order valence-electron chi connectivity index (χ2n) is 8.58. The summed E-state index contributed by atoms with van der Waals surface area (Å²) >= 11 is 0. The van der Waals surface area contributed by atoms with Crippen molar-refractivity contribution in [2.24, 2.45) is 0 Å². The Kier molecular flexibility index (Phi) is 7.10. The molecule has 14 heteroatoms. The molecule has 198 valence electrons. The van der Waals surface area contributed by atoms with E-state index in [0.29, 0.717) is 36.4 Å². The van der Waals surface area contributed by atoms with Crippen molar-refractivity contribution in [3.8, 4) is 0 Å². The van der Waals surface area contributed by atoms with Gasteiger partial charge in [0.1, 0.15) is 11.0 Å². The maximum Gasteiger partial charge on any atom is 0.416 e. The molecule has 2 aromatic carbocycles. The first-order valence-corrected chi connectivity index (χ1v) is 13.1. The molecule has 0 radical (unpaired) electrons. The van der Waals surface area contributed by atoms with Gasteiger partial charge in [0.25, 0.3) is 0 Å². The lowest BCUT2D eigenvalue weighted by Crippen LogP contribution is -2.34. The van der Waals surface area contributed by atoms with E-state index in [9.17, 15) is 21.6 Å². The summed E-state index contributed by atoms with van der Waals surface area (Å²) in [5.74, 6) is 0.273. The zero-order chi connectivity index (χ0) is 26.8. The summed E-state index contributed by atoms with van der Waals surface area (Å²) in [5, 5.41) is 16.2. The number of nitrogens with one attached hydrogen (secondary N) is 3. The fraction of sp³-hybridized carbons (Fsp3) is 0.250. The van der Waals surface area contributed by atoms with Gasteiger partial charge in [-0.1, -0.05) is 12.2 Å². The number of rotatable bonds is 6. The molecule has 38 heavy (non-hydrogen) atoms. The summed E-state index contributed by atoms with van der Waals surface area (Å²) in [7, 11) is -3.58. The standard InChI is InChI=1S/C24H23F3N8O2S/c25-24(26,27)18-12-17(22-21(13-18)32-34-33-22)3-2-16-14-29-23(30-15-16)31-19-4-6-20(7-5-19)38(36,37)35-10-1-8-28-9-11-35/h2-7,12-15,28H,1,8-11H2,(H,29,30,31)(H,32,33,34)/b3-2+. The fourth-order valence-corrected chi connectivity index (χ4v) is 5.47. The number of nitrogens with zero attached hydrogens (tertiary/aromatic N) is 5. The van der Waals surface area contributed by atoms with Crippen LogP contribution < -0.4 is 10.6 Å². The molecule has 0 aliphatic carbocycles. The van der Waals surface area contributed by atoms with Crippen LogP contribution in [-0.2, 0) is 16.2 Å². The van der Waals surface area contributed by atoms with Crippen LogP contribution in [0.15, 0.2) is 53.7 Å². The van der Waals surface area contributed by atoms with Crippen LogP contribution in [0.25, 0.3) is 23.2 Å². The summed E-state index contributed by atoms with van der Waals surface area (Å²) in [6.07, 6.45) is 2.32. The number of sulfonamides is 1. The van der Waals surface area contributed by atoms with E-state index in [4.69, 9.17) is 0 Å². The van der Waals surface area contributed by atoms with E-state index < -0.39 is 21.8 Å². The fourth-order valence-electron chi connectivity index (χ4n) is 3.99. The number of alkyl halides is 3. The van der Waals surface area contributed by atoms with Gasteiger partial charge in [0.15, 0.2) is 0 Å². The average molecular weight is 545 g/mol. The maximum absolute atomic E-state index is 13.2. The van der Waals surface area contributed by atoms with Crippen LogP contribution in [-0.4, -0.2) is 64.3 Å². The largest absolute Gasteiger partial charge is 0.416 e. The highest BCUT2D eigenvalue weighted by molar-refractivity contribution is 7.89. The third kappa shape index (κ3) is 5.66. The van der Waals surface area contributed by atoms with Gasteiger partial charge in [-0.05, 0) is 49.4 Å². The van der Waals surface area contributed by atoms with Crippen molar-refractivity contribution < 1.29 is 21.6 Å². The lowest BCUT2D eigenvalue weighted by molar-refractivity contribution is -0.137. The number of halogens is 3. The molecule has 0 spiro atoms. The number of anilines is 2. The highest BCUT2D eigenvalue weighted by Crippen LogP contribution is 2.33. The SMILES string of the molecule is O=S(=O)(c1ccc(Nc2ncc(/C=C/c3cc(C(F)(F)F)cc4n[nH]nc34)cn2)cc1)N1CCCNCC1. The predicted octanol–water partition coefficient (Wildman–Crippen LogP) is 3.66. The third-order valence-electron chi connectivity index (χ3n) is 5.95. The monoisotopic (exact) mass is 544 g/mol. The van der Waals surface area contributed by atoms with E-state index in [0.717, 1.165) is 25.1 Å². The number of benzene rings is 2. The van der Waals surface area contributed by atoms with Gasteiger partial charge in [-0.3, -0.25) is 0 Å². The number of hydrogen-bond acceptors (Lipinski definition) is 8. The van der Waals surface area contributed by atoms with Crippen LogP contribution in [0.4, 0.5) is 24.8 Å². The van der Waals surface area contributed by atoms with Gasteiger partial charge in [-0.15, -0.1) is 0 Å². The Bertz CT molecular complexity index is 1540. The van der Waals surface area contributed by atoms with Crippen LogP contribution in [0.2, 0.25) is 0 Å². The Morgan fingerprint density at radius 2 is 1.74 bits per heavy atom. The van der Waals surface area contributed by atoms with Gasteiger partial charge in [0.05, 0.1) is 10.5 Å². The minimum atomic E-state index is -4.51. The normalized spacial score (nSPS) is 15.7. The zero-order valence-corrected chi connectivity index (χ0v) is 20.7. The maximum atomic E-state index is 13.2. The first-order chi connectivity index (χ1) is 18.2. The van der Waals surface area contributed by atoms with E-state index >= 15 is 0 Å². The third-order valence-corrected chi connectivity index (χ3v) is 7.87. The summed E-state index contributed by atoms with van der Waals surface area (Å²) in [5.41, 5.74) is 0.998. The molecule has 1 aliphatic rings. The lowest BCUT2D eigenvalue weighted by Gasteiger charge is -2.19. The number of aromatic amines is 1. The van der Waals surface area contributed by atoms with Crippen molar-refractivity contribution in [2.75, 3.05) is 31.5 Å². The Balaban J connectivity index is 1.27. The Morgan fingerprint density at radius 1 is 0.974 bits per heavy atom. The Labute approximate surface area is 216 Å². The van der Waals surface area contributed by atoms with Gasteiger partial charge in [-0.2, -0.15) is 32.9 Å². The Hall–Kier alpha value is -3.88. The molecule has 0 amide bonds. The topological polar surface area (TPSA) is 129 Å². The smallest absolute Gasteiger partial charge is 0.324 e. The Morgan fingerprint density at radius 3 is 2.47 bits per heavy atom. The van der Waals surface area contributed by atoms with E-state index in [1.807, 2.05) is 0 Å². The minimum absolute atomic E-state index is 0.109. The highest BCUT2D eigenvalue weighted by Gasteiger charge is 2.31. The van der Waals surface area contributed by atoms with E-state index in [1.54, 1.807) is 18.2 Å². The molecule has 1 saturated heterocycles. The molecule has 0 saturated carbocycles. The summed E-state index contributed by atoms with van der Waals surface area (Å²) in [4.78, 5) is 8.67. The molecule has 5 rings (SSSR count). The van der Waals surface area contributed by atoms with Crippen molar-refractivity contribution in [1.29, 1.82) is 0 Å². The predicted molar refractivity (Wildman–Crippen MR) is 136 cm³/mol. The van der Waals surface area contributed by atoms with Crippen molar-refractivity contribution in [2.45, 2.75) is 17.5 Å². The van der Waals surface area contributed by atoms with E-state index in [-0.39, 0.29) is 21.9 Å². The number of aromatic nitrogens is 5. The quantitative estimate of drug-likeness (QED) is 0.336. The van der Waals surface area contributed by atoms with Crippen LogP contribution in [0, 0.1) is 0 Å². The van der Waals surface area contributed by atoms with Crippen molar-refractivity contribution in [1.82, 2.24) is 35.0 Å². The van der Waals surface area contributed by atoms with Gasteiger partial charge < -0.3 is 10.6 Å². The van der Waals surface area contributed by atoms with Crippen LogP contribution in [0.5, 0.6) is 0 Å². The molecule has 1 fully saturated rings.